The second-order valence-electron chi connectivity index (χ2n) is 7.71. The minimum absolute atomic E-state index is 0.0192. The van der Waals surface area contributed by atoms with Crippen molar-refractivity contribution in [2.24, 2.45) is 0 Å². The fourth-order valence-electron chi connectivity index (χ4n) is 4.04. The molecule has 0 N–H and O–H groups in total. The van der Waals surface area contributed by atoms with E-state index in [0.29, 0.717) is 23.0 Å². The van der Waals surface area contributed by atoms with E-state index in [1.807, 2.05) is 24.0 Å². The van der Waals surface area contributed by atoms with Crippen LogP contribution in [-0.4, -0.2) is 40.7 Å². The molecule has 1 fully saturated rings. The largest absolute Gasteiger partial charge is 0.330 e. The molecule has 1 aliphatic carbocycles. The Morgan fingerprint density at radius 2 is 2.00 bits per heavy atom. The number of fused-ring (bicyclic) bond motifs is 1. The number of rotatable bonds is 6. The van der Waals surface area contributed by atoms with Crippen molar-refractivity contribution in [1.29, 1.82) is 0 Å². The van der Waals surface area contributed by atoms with Crippen molar-refractivity contribution in [3.8, 4) is 0 Å². The first-order chi connectivity index (χ1) is 14.0. The molecule has 0 spiro atoms. The molecule has 1 aliphatic heterocycles. The van der Waals surface area contributed by atoms with Gasteiger partial charge in [-0.3, -0.25) is 9.59 Å². The van der Waals surface area contributed by atoms with E-state index in [9.17, 15) is 9.59 Å². The van der Waals surface area contributed by atoms with Crippen LogP contribution in [0.2, 0.25) is 10.0 Å². The maximum atomic E-state index is 13.4. The molecule has 2 aliphatic rings. The molecule has 1 atom stereocenters. The Balaban J connectivity index is 1.64. The summed E-state index contributed by atoms with van der Waals surface area (Å²) in [5.41, 5.74) is 2.00. The predicted octanol–water partition coefficient (Wildman–Crippen LogP) is 5.32. The molecular weight excluding hydrogens is 427 g/mol. The van der Waals surface area contributed by atoms with Crippen LogP contribution in [0.25, 0.3) is 0 Å². The minimum atomic E-state index is -0.246. The number of benzene rings is 1. The van der Waals surface area contributed by atoms with E-state index < -0.39 is 0 Å². The molecule has 154 valence electrons. The number of carbonyl (C=O) groups is 2. The molecular formula is C22H24Cl2N2O2S. The molecule has 29 heavy (non-hydrogen) atoms. The number of nitrogens with zero attached hydrogens (tertiary/aromatic N) is 2. The summed E-state index contributed by atoms with van der Waals surface area (Å²) in [5.74, 6) is 0.0619. The molecule has 0 bridgehead atoms. The Hall–Kier alpha value is -1.56. The molecule has 0 saturated heterocycles. The number of hydrogen-bond acceptors (Lipinski definition) is 3. The quantitative estimate of drug-likeness (QED) is 0.597. The highest BCUT2D eigenvalue weighted by Crippen LogP contribution is 2.41. The lowest BCUT2D eigenvalue weighted by molar-refractivity contribution is -0.142. The number of halogens is 2. The number of thiophene rings is 1. The first-order valence-corrected chi connectivity index (χ1v) is 11.7. The van der Waals surface area contributed by atoms with E-state index in [4.69, 9.17) is 23.2 Å². The van der Waals surface area contributed by atoms with Crippen LogP contribution in [0.15, 0.2) is 29.6 Å². The maximum Gasteiger partial charge on any atom is 0.243 e. The molecule has 0 radical (unpaired) electrons. The van der Waals surface area contributed by atoms with Crippen LogP contribution >= 0.6 is 34.5 Å². The Morgan fingerprint density at radius 3 is 2.69 bits per heavy atom. The van der Waals surface area contributed by atoms with E-state index in [2.05, 4.69) is 11.4 Å². The van der Waals surface area contributed by atoms with Gasteiger partial charge in [-0.1, -0.05) is 36.2 Å². The highest BCUT2D eigenvalue weighted by molar-refractivity contribution is 7.10. The van der Waals surface area contributed by atoms with Crippen molar-refractivity contribution in [3.63, 3.8) is 0 Å². The second kappa shape index (κ2) is 8.66. The third-order valence-electron chi connectivity index (χ3n) is 5.62. The Labute approximate surface area is 185 Å². The zero-order chi connectivity index (χ0) is 20.5. The van der Waals surface area contributed by atoms with Crippen molar-refractivity contribution in [2.45, 2.75) is 51.1 Å². The molecule has 1 unspecified atom stereocenters. The predicted molar refractivity (Wildman–Crippen MR) is 118 cm³/mol. The van der Waals surface area contributed by atoms with Gasteiger partial charge in [0.25, 0.3) is 0 Å². The highest BCUT2D eigenvalue weighted by atomic mass is 35.5. The zero-order valence-electron chi connectivity index (χ0n) is 16.4. The summed E-state index contributed by atoms with van der Waals surface area (Å²) in [6.07, 6.45) is 4.09. The summed E-state index contributed by atoms with van der Waals surface area (Å²) in [7, 11) is 0. The lowest BCUT2D eigenvalue weighted by Crippen LogP contribution is -2.47. The molecule has 2 aromatic rings. The molecule has 4 nitrogen and oxygen atoms in total. The lowest BCUT2D eigenvalue weighted by atomic mass is 9.93. The van der Waals surface area contributed by atoms with Gasteiger partial charge in [0.05, 0.1) is 6.04 Å². The Morgan fingerprint density at radius 1 is 1.21 bits per heavy atom. The fourth-order valence-corrected chi connectivity index (χ4v) is 5.46. The smallest absolute Gasteiger partial charge is 0.243 e. The monoisotopic (exact) mass is 450 g/mol. The van der Waals surface area contributed by atoms with Gasteiger partial charge in [0.1, 0.15) is 6.54 Å². The van der Waals surface area contributed by atoms with Crippen LogP contribution in [0.3, 0.4) is 0 Å². The van der Waals surface area contributed by atoms with Crippen molar-refractivity contribution in [3.05, 3.63) is 55.7 Å². The van der Waals surface area contributed by atoms with Gasteiger partial charge in [-0.05, 0) is 60.4 Å². The lowest BCUT2D eigenvalue weighted by Gasteiger charge is -2.38. The Bertz CT molecular complexity index is 925. The van der Waals surface area contributed by atoms with Crippen molar-refractivity contribution < 1.29 is 9.59 Å². The summed E-state index contributed by atoms with van der Waals surface area (Å²) in [6, 6.07) is 7.50. The standard InChI is InChI=1S/C22H24Cl2N2O2S/c1-2-3-20(27)26(15-5-6-15)13-21(28)25-10-8-19-17(9-11-29-19)22(25)16-7-4-14(23)12-18(16)24/h4,7,9,11-12,15,22H,2-3,5-6,8,10,13H2,1H3. The summed E-state index contributed by atoms with van der Waals surface area (Å²) < 4.78 is 0. The first-order valence-electron chi connectivity index (χ1n) is 10.1. The van der Waals surface area contributed by atoms with Crippen LogP contribution < -0.4 is 0 Å². The van der Waals surface area contributed by atoms with Crippen molar-refractivity contribution in [2.75, 3.05) is 13.1 Å². The summed E-state index contributed by atoms with van der Waals surface area (Å²) >= 11 is 14.4. The normalized spacial score (nSPS) is 18.4. The van der Waals surface area contributed by atoms with Gasteiger partial charge in [-0.15, -0.1) is 11.3 Å². The van der Waals surface area contributed by atoms with E-state index in [0.717, 1.165) is 36.8 Å². The van der Waals surface area contributed by atoms with E-state index in [1.165, 1.54) is 4.88 Å². The van der Waals surface area contributed by atoms with Gasteiger partial charge in [0.15, 0.2) is 0 Å². The highest BCUT2D eigenvalue weighted by Gasteiger charge is 2.38. The minimum Gasteiger partial charge on any atom is -0.330 e. The molecule has 4 rings (SSSR count). The SMILES string of the molecule is CCCC(=O)N(CC(=O)N1CCc2sccc2C1c1ccc(Cl)cc1Cl)C1CC1. The van der Waals surface area contributed by atoms with Crippen molar-refractivity contribution >= 4 is 46.4 Å². The van der Waals surface area contributed by atoms with Gasteiger partial charge >= 0.3 is 0 Å². The van der Waals surface area contributed by atoms with Crippen LogP contribution in [0, 0.1) is 0 Å². The van der Waals surface area contributed by atoms with Gasteiger partial charge in [-0.2, -0.15) is 0 Å². The third kappa shape index (κ3) is 4.32. The summed E-state index contributed by atoms with van der Waals surface area (Å²) in [5, 5.41) is 3.19. The average Bonchev–Trinajstić information content (AvgIpc) is 3.41. The topological polar surface area (TPSA) is 40.6 Å². The molecule has 1 aromatic heterocycles. The average molecular weight is 451 g/mol. The Kier molecular flexibility index (Phi) is 6.19. The van der Waals surface area contributed by atoms with Crippen LogP contribution in [0.1, 0.15) is 54.7 Å². The maximum absolute atomic E-state index is 13.4. The van der Waals surface area contributed by atoms with E-state index >= 15 is 0 Å². The van der Waals surface area contributed by atoms with Crippen LogP contribution in [0.5, 0.6) is 0 Å². The molecule has 7 heteroatoms. The van der Waals surface area contributed by atoms with Gasteiger partial charge < -0.3 is 9.80 Å². The summed E-state index contributed by atoms with van der Waals surface area (Å²) in [6.45, 7) is 2.76. The zero-order valence-corrected chi connectivity index (χ0v) is 18.7. The summed E-state index contributed by atoms with van der Waals surface area (Å²) in [4.78, 5) is 30.9. The molecule has 1 saturated carbocycles. The van der Waals surface area contributed by atoms with Gasteiger partial charge in [0, 0.05) is 33.9 Å². The molecule has 2 heterocycles. The van der Waals surface area contributed by atoms with Crippen LogP contribution in [0.4, 0.5) is 0 Å². The third-order valence-corrected chi connectivity index (χ3v) is 7.18. The second-order valence-corrected chi connectivity index (χ2v) is 9.55. The fraction of sp³-hybridized carbons (Fsp3) is 0.455. The van der Waals surface area contributed by atoms with Crippen LogP contribution in [-0.2, 0) is 16.0 Å². The van der Waals surface area contributed by atoms with E-state index in [-0.39, 0.29) is 30.4 Å². The van der Waals surface area contributed by atoms with Gasteiger partial charge in [-0.25, -0.2) is 0 Å². The molecule has 2 amide bonds. The van der Waals surface area contributed by atoms with E-state index in [1.54, 1.807) is 22.3 Å². The number of hydrogen-bond donors (Lipinski definition) is 0. The van der Waals surface area contributed by atoms with Crippen molar-refractivity contribution in [1.82, 2.24) is 9.80 Å². The number of amides is 2. The molecule has 1 aromatic carbocycles. The first kappa shape index (κ1) is 20.7. The number of carbonyl (C=O) groups excluding carboxylic acids is 2. The van der Waals surface area contributed by atoms with Gasteiger partial charge in [0.2, 0.25) is 11.8 Å².